The number of para-hydroxylation sites is 1. The van der Waals surface area contributed by atoms with E-state index in [0.29, 0.717) is 6.04 Å². The molecule has 4 aromatic rings. The minimum atomic E-state index is 0. The van der Waals surface area contributed by atoms with Crippen molar-refractivity contribution in [3.8, 4) is 0 Å². The number of nitrogens with zero attached hydrogens (tertiary/aromatic N) is 2. The van der Waals surface area contributed by atoms with Crippen LogP contribution in [0.5, 0.6) is 0 Å². The third kappa shape index (κ3) is 1.85. The Bertz CT molecular complexity index is 989. The molecule has 4 heteroatoms. The van der Waals surface area contributed by atoms with E-state index in [1.807, 2.05) is 18.2 Å². The Kier molecular flexibility index (Phi) is 4.52. The van der Waals surface area contributed by atoms with Crippen molar-refractivity contribution in [2.45, 2.75) is 20.4 Å². The molecule has 0 N–H and O–H groups in total. The zero-order chi connectivity index (χ0) is 12.6. The molecule has 1 unspecified atom stereocenters. The predicted molar refractivity (Wildman–Crippen MR) is 80.8 cm³/mol. The standard InChI is InChI=1S/C17H11N2.CH4.2V/c1-11-13-6-4-5-12-9-10-18-14-7-2-3-8-15(14)19(11)17(18)16(12)13;;;/h2-5,7,9-11H,1H3;1H4;;/q-1;;;. The van der Waals surface area contributed by atoms with Gasteiger partial charge >= 0.3 is 0 Å². The van der Waals surface area contributed by atoms with Gasteiger partial charge in [-0.2, -0.15) is 30.3 Å². The van der Waals surface area contributed by atoms with Crippen molar-refractivity contribution in [2.75, 3.05) is 0 Å². The summed E-state index contributed by atoms with van der Waals surface area (Å²) in [6.45, 7) is 2.24. The summed E-state index contributed by atoms with van der Waals surface area (Å²) >= 11 is 0. The van der Waals surface area contributed by atoms with Gasteiger partial charge in [0.1, 0.15) is 0 Å². The van der Waals surface area contributed by atoms with Crippen molar-refractivity contribution in [2.24, 2.45) is 0 Å². The average Bonchev–Trinajstić information content (AvgIpc) is 2.94. The number of fused-ring (bicyclic) bond motifs is 3. The summed E-state index contributed by atoms with van der Waals surface area (Å²) < 4.78 is 4.65. The molecular weight excluding hydrogens is 346 g/mol. The van der Waals surface area contributed by atoms with Crippen molar-refractivity contribution in [3.05, 3.63) is 60.3 Å². The molecule has 0 aliphatic carbocycles. The molecule has 108 valence electrons. The Morgan fingerprint density at radius 3 is 2.73 bits per heavy atom. The smallest absolute Gasteiger partial charge is 0.226 e. The number of benzene rings is 2. The van der Waals surface area contributed by atoms with Gasteiger partial charge in [-0.05, 0) is 18.4 Å². The van der Waals surface area contributed by atoms with Gasteiger partial charge in [-0.1, -0.05) is 7.43 Å². The van der Waals surface area contributed by atoms with Crippen LogP contribution in [0.3, 0.4) is 0 Å². The van der Waals surface area contributed by atoms with Crippen molar-refractivity contribution in [3.63, 3.8) is 0 Å². The largest absolute Gasteiger partial charge is 0.261 e. The monoisotopic (exact) mass is 361 g/mol. The van der Waals surface area contributed by atoms with E-state index in [0.717, 1.165) is 0 Å². The SMILES string of the molecule is C.CC1c2[c-]ccc3cc[n+]4c5ccc[c-]c5n1c4c23.[V].[V]. The number of hydrogen-bond donors (Lipinski definition) is 0. The summed E-state index contributed by atoms with van der Waals surface area (Å²) in [7, 11) is 0. The molecule has 0 spiro atoms. The van der Waals surface area contributed by atoms with Gasteiger partial charge in [0.05, 0.1) is 23.3 Å². The first-order chi connectivity index (χ1) is 9.36. The van der Waals surface area contributed by atoms with Gasteiger partial charge in [0.25, 0.3) is 0 Å². The van der Waals surface area contributed by atoms with E-state index in [2.05, 4.69) is 52.4 Å². The maximum Gasteiger partial charge on any atom is 0.226 e. The molecule has 1 atom stereocenters. The van der Waals surface area contributed by atoms with Crippen LogP contribution in [-0.2, 0) is 37.1 Å². The van der Waals surface area contributed by atoms with Crippen molar-refractivity contribution in [1.29, 1.82) is 0 Å². The molecule has 0 amide bonds. The van der Waals surface area contributed by atoms with E-state index in [1.54, 1.807) is 0 Å². The molecule has 0 fully saturated rings. The summed E-state index contributed by atoms with van der Waals surface area (Å²) in [5.41, 5.74) is 4.96. The zero-order valence-electron chi connectivity index (χ0n) is 11.4. The molecule has 0 saturated carbocycles. The van der Waals surface area contributed by atoms with Crippen LogP contribution >= 0.6 is 0 Å². The zero-order valence-corrected chi connectivity index (χ0v) is 14.2. The quantitative estimate of drug-likeness (QED) is 0.334. The molecule has 0 bridgehead atoms. The van der Waals surface area contributed by atoms with E-state index < -0.39 is 0 Å². The number of pyridine rings is 1. The van der Waals surface area contributed by atoms with Crippen LogP contribution in [0.15, 0.2) is 42.6 Å². The summed E-state index contributed by atoms with van der Waals surface area (Å²) in [6, 6.07) is 19.7. The maximum atomic E-state index is 3.42. The Morgan fingerprint density at radius 1 is 1.09 bits per heavy atom. The summed E-state index contributed by atoms with van der Waals surface area (Å²) in [5, 5.41) is 2.63. The van der Waals surface area contributed by atoms with E-state index in [9.17, 15) is 0 Å². The fourth-order valence-electron chi connectivity index (χ4n) is 3.45. The minimum absolute atomic E-state index is 0. The van der Waals surface area contributed by atoms with Gasteiger partial charge in [0.15, 0.2) is 0 Å². The van der Waals surface area contributed by atoms with Crippen molar-refractivity contribution >= 4 is 27.5 Å². The summed E-state index contributed by atoms with van der Waals surface area (Å²) in [6.07, 6.45) is 2.16. The molecule has 2 aromatic heterocycles. The van der Waals surface area contributed by atoms with Crippen LogP contribution in [0.1, 0.15) is 26.0 Å². The molecule has 1 aliphatic heterocycles. The topological polar surface area (TPSA) is 9.03 Å². The van der Waals surface area contributed by atoms with Crippen LogP contribution in [0, 0.1) is 12.1 Å². The Hall–Kier alpha value is -1.18. The third-order valence-corrected chi connectivity index (χ3v) is 4.26. The number of imidazole rings is 1. The Labute approximate surface area is 153 Å². The Balaban J connectivity index is 0.000000588. The van der Waals surface area contributed by atoms with Crippen LogP contribution in [0.25, 0.3) is 27.5 Å². The van der Waals surface area contributed by atoms with Crippen molar-refractivity contribution < 1.29 is 41.5 Å². The molecule has 2 aromatic carbocycles. The normalized spacial score (nSPS) is 14.9. The molecule has 5 rings (SSSR count). The third-order valence-electron chi connectivity index (χ3n) is 4.26. The second-order valence-corrected chi connectivity index (χ2v) is 5.18. The van der Waals surface area contributed by atoms with Crippen LogP contribution in [0.2, 0.25) is 0 Å². The molecular formula is C18H15N2V2-. The molecule has 3 heterocycles. The fourth-order valence-corrected chi connectivity index (χ4v) is 3.45. The molecule has 2 radical (unpaired) electrons. The molecule has 22 heavy (non-hydrogen) atoms. The second-order valence-electron chi connectivity index (χ2n) is 5.18. The van der Waals surface area contributed by atoms with Crippen LogP contribution < -0.4 is 4.40 Å². The summed E-state index contributed by atoms with van der Waals surface area (Å²) in [5.74, 6) is 0. The van der Waals surface area contributed by atoms with Crippen LogP contribution in [0.4, 0.5) is 0 Å². The van der Waals surface area contributed by atoms with Crippen LogP contribution in [-0.4, -0.2) is 4.57 Å². The van der Waals surface area contributed by atoms with Gasteiger partial charge in [-0.25, -0.2) is 0 Å². The van der Waals surface area contributed by atoms with E-state index in [-0.39, 0.29) is 44.5 Å². The fraction of sp³-hybridized carbons (Fsp3) is 0.167. The number of aromatic nitrogens is 2. The van der Waals surface area contributed by atoms with E-state index >= 15 is 0 Å². The first kappa shape index (κ1) is 17.2. The molecule has 2 nitrogen and oxygen atoms in total. The number of rotatable bonds is 0. The van der Waals surface area contributed by atoms with E-state index in [1.165, 1.54) is 33.0 Å². The first-order valence-corrected chi connectivity index (χ1v) is 6.55. The minimum Gasteiger partial charge on any atom is -0.261 e. The molecule has 0 saturated heterocycles. The maximum absolute atomic E-state index is 3.42. The van der Waals surface area contributed by atoms with Gasteiger partial charge in [0.2, 0.25) is 5.65 Å². The average molecular weight is 361 g/mol. The van der Waals surface area contributed by atoms with Crippen molar-refractivity contribution in [1.82, 2.24) is 4.57 Å². The van der Waals surface area contributed by atoms with E-state index in [4.69, 9.17) is 0 Å². The van der Waals surface area contributed by atoms with Gasteiger partial charge < -0.3 is 0 Å². The van der Waals surface area contributed by atoms with Gasteiger partial charge in [-0.3, -0.25) is 8.97 Å². The summed E-state index contributed by atoms with van der Waals surface area (Å²) in [4.78, 5) is 0. The first-order valence-electron chi connectivity index (χ1n) is 6.55. The molecule has 1 aliphatic rings. The van der Waals surface area contributed by atoms with Gasteiger partial charge in [-0.15, -0.1) is 23.1 Å². The van der Waals surface area contributed by atoms with Gasteiger partial charge in [0, 0.05) is 37.1 Å². The number of hydrogen-bond acceptors (Lipinski definition) is 0. The Morgan fingerprint density at radius 2 is 1.91 bits per heavy atom. The second kappa shape index (κ2) is 5.79. The predicted octanol–water partition coefficient (Wildman–Crippen LogP) is 3.69.